The van der Waals surface area contributed by atoms with Gasteiger partial charge in [-0.05, 0) is 30.7 Å². The van der Waals surface area contributed by atoms with Gasteiger partial charge in [0, 0.05) is 0 Å². The van der Waals surface area contributed by atoms with Gasteiger partial charge in [-0.15, -0.1) is 0 Å². The number of benzene rings is 1. The normalized spacial score (nSPS) is 12.2. The summed E-state index contributed by atoms with van der Waals surface area (Å²) in [5, 5.41) is 0.902. The van der Waals surface area contributed by atoms with Crippen LogP contribution in [0.5, 0.6) is 5.75 Å². The van der Waals surface area contributed by atoms with Crippen molar-refractivity contribution >= 4 is 16.2 Å². The van der Waals surface area contributed by atoms with E-state index in [0.717, 1.165) is 5.41 Å². The van der Waals surface area contributed by atoms with Crippen molar-refractivity contribution in [2.24, 2.45) is 0 Å². The molecule has 0 aliphatic rings. The van der Waals surface area contributed by atoms with Gasteiger partial charge >= 0.3 is 6.61 Å². The third kappa shape index (κ3) is 5.24. The largest absolute Gasteiger partial charge is 0.435 e. The van der Waals surface area contributed by atoms with E-state index >= 15 is 0 Å². The van der Waals surface area contributed by atoms with Gasteiger partial charge in [-0.2, -0.15) is 17.2 Å². The van der Waals surface area contributed by atoms with Gasteiger partial charge in [0.1, 0.15) is 5.75 Å². The first kappa shape index (κ1) is 14.6. The van der Waals surface area contributed by atoms with E-state index in [-0.39, 0.29) is 12.4 Å². The van der Waals surface area contributed by atoms with Gasteiger partial charge in [0.25, 0.3) is 10.1 Å². The van der Waals surface area contributed by atoms with Crippen molar-refractivity contribution < 1.29 is 26.1 Å². The molecule has 0 aliphatic heterocycles. The Bertz CT molecular complexity index is 494. The molecule has 0 amide bonds. The van der Waals surface area contributed by atoms with Crippen molar-refractivity contribution in [1.82, 2.24) is 0 Å². The maximum Gasteiger partial charge on any atom is 0.387 e. The maximum atomic E-state index is 11.9. The smallest absolute Gasteiger partial charge is 0.387 e. The lowest BCUT2D eigenvalue weighted by atomic mass is 10.2. The molecular formula is C11H12F2O4S. The minimum Gasteiger partial charge on any atom is -0.435 e. The van der Waals surface area contributed by atoms with Crippen LogP contribution in [0.3, 0.4) is 0 Å². The standard InChI is InChI=1S/C11H12F2O4S/c1-2-16-18(14,15)8-7-9-3-5-10(6-4-9)17-11(12)13/h3-8,11H,2H2,1H3. The quantitative estimate of drug-likeness (QED) is 0.751. The summed E-state index contributed by atoms with van der Waals surface area (Å²) >= 11 is 0. The summed E-state index contributed by atoms with van der Waals surface area (Å²) in [6.45, 7) is -1.28. The maximum absolute atomic E-state index is 11.9. The second kappa shape index (κ2) is 6.46. The molecule has 0 saturated carbocycles. The summed E-state index contributed by atoms with van der Waals surface area (Å²) in [5.41, 5.74) is 0.528. The number of hydrogen-bond acceptors (Lipinski definition) is 4. The van der Waals surface area contributed by atoms with E-state index < -0.39 is 16.7 Å². The van der Waals surface area contributed by atoms with Crippen molar-refractivity contribution in [1.29, 1.82) is 0 Å². The Morgan fingerprint density at radius 1 is 1.28 bits per heavy atom. The Kier molecular flexibility index (Phi) is 5.24. The predicted molar refractivity (Wildman–Crippen MR) is 62.7 cm³/mol. The van der Waals surface area contributed by atoms with Crippen molar-refractivity contribution in [2.75, 3.05) is 6.61 Å². The zero-order chi connectivity index (χ0) is 13.6. The molecule has 0 radical (unpaired) electrons. The molecule has 0 N–H and O–H groups in total. The lowest BCUT2D eigenvalue weighted by Gasteiger charge is -2.03. The van der Waals surface area contributed by atoms with Crippen molar-refractivity contribution in [2.45, 2.75) is 13.5 Å². The zero-order valence-electron chi connectivity index (χ0n) is 9.55. The molecule has 0 fully saturated rings. The number of ether oxygens (including phenoxy) is 1. The fraction of sp³-hybridized carbons (Fsp3) is 0.273. The number of rotatable bonds is 6. The fourth-order valence-corrected chi connectivity index (χ4v) is 1.86. The van der Waals surface area contributed by atoms with Crippen molar-refractivity contribution in [3.05, 3.63) is 35.2 Å². The molecule has 0 atom stereocenters. The van der Waals surface area contributed by atoms with Crippen LogP contribution in [0.1, 0.15) is 12.5 Å². The molecule has 1 aromatic carbocycles. The monoisotopic (exact) mass is 278 g/mol. The predicted octanol–water partition coefficient (Wildman–Crippen LogP) is 2.63. The van der Waals surface area contributed by atoms with Gasteiger partial charge in [-0.25, -0.2) is 0 Å². The molecule has 18 heavy (non-hydrogen) atoms. The van der Waals surface area contributed by atoms with Crippen molar-refractivity contribution in [3.8, 4) is 5.75 Å². The number of halogens is 2. The van der Waals surface area contributed by atoms with Crippen LogP contribution in [-0.4, -0.2) is 21.6 Å². The molecule has 0 aliphatic carbocycles. The molecule has 0 saturated heterocycles. The molecule has 0 unspecified atom stereocenters. The summed E-state index contributed by atoms with van der Waals surface area (Å²) < 4.78 is 54.8. The van der Waals surface area contributed by atoms with Crippen LogP contribution in [-0.2, 0) is 14.3 Å². The SMILES string of the molecule is CCOS(=O)(=O)C=Cc1ccc(OC(F)F)cc1. The van der Waals surface area contributed by atoms with Gasteiger partial charge in [0.15, 0.2) is 0 Å². The zero-order valence-corrected chi connectivity index (χ0v) is 10.4. The Hall–Kier alpha value is -1.47. The van der Waals surface area contributed by atoms with Crippen LogP contribution in [0.2, 0.25) is 0 Å². The second-order valence-electron chi connectivity index (χ2n) is 3.15. The molecule has 4 nitrogen and oxygen atoms in total. The molecule has 0 heterocycles. The lowest BCUT2D eigenvalue weighted by molar-refractivity contribution is -0.0498. The van der Waals surface area contributed by atoms with Crippen LogP contribution in [0.15, 0.2) is 29.7 Å². The highest BCUT2D eigenvalue weighted by Gasteiger charge is 2.05. The van der Waals surface area contributed by atoms with Crippen molar-refractivity contribution in [3.63, 3.8) is 0 Å². The molecule has 0 bridgehead atoms. The third-order valence-corrected chi connectivity index (χ3v) is 2.85. The Labute approximate surface area is 104 Å². The Balaban J connectivity index is 2.72. The molecule has 100 valence electrons. The summed E-state index contributed by atoms with van der Waals surface area (Å²) in [5.74, 6) is 0.00909. The minimum absolute atomic E-state index is 0.00909. The second-order valence-corrected chi connectivity index (χ2v) is 4.64. The molecule has 1 aromatic rings. The van der Waals surface area contributed by atoms with E-state index in [1.165, 1.54) is 30.3 Å². The lowest BCUT2D eigenvalue weighted by Crippen LogP contribution is -2.01. The highest BCUT2D eigenvalue weighted by Crippen LogP contribution is 2.16. The molecular weight excluding hydrogens is 266 g/mol. The Morgan fingerprint density at radius 2 is 1.89 bits per heavy atom. The van der Waals surface area contributed by atoms with Crippen LogP contribution in [0.25, 0.3) is 6.08 Å². The summed E-state index contributed by atoms with van der Waals surface area (Å²) in [4.78, 5) is 0. The topological polar surface area (TPSA) is 52.6 Å². The number of alkyl halides is 2. The highest BCUT2D eigenvalue weighted by atomic mass is 32.2. The van der Waals surface area contributed by atoms with Gasteiger partial charge < -0.3 is 4.74 Å². The summed E-state index contributed by atoms with van der Waals surface area (Å²) in [7, 11) is -3.69. The summed E-state index contributed by atoms with van der Waals surface area (Å²) in [6.07, 6.45) is 1.30. The van der Waals surface area contributed by atoms with E-state index in [9.17, 15) is 17.2 Å². The van der Waals surface area contributed by atoms with Crippen LogP contribution in [0.4, 0.5) is 8.78 Å². The minimum atomic E-state index is -3.69. The van der Waals surface area contributed by atoms with E-state index in [0.29, 0.717) is 5.56 Å². The molecule has 0 spiro atoms. The van der Waals surface area contributed by atoms with Crippen LogP contribution in [0, 0.1) is 0 Å². The van der Waals surface area contributed by atoms with E-state index in [2.05, 4.69) is 8.92 Å². The van der Waals surface area contributed by atoms with E-state index in [1.807, 2.05) is 0 Å². The van der Waals surface area contributed by atoms with Gasteiger partial charge in [0.2, 0.25) is 0 Å². The third-order valence-electron chi connectivity index (χ3n) is 1.81. The first-order valence-corrected chi connectivity index (χ1v) is 6.52. The number of hydrogen-bond donors (Lipinski definition) is 0. The van der Waals surface area contributed by atoms with Crippen LogP contribution >= 0.6 is 0 Å². The molecule has 0 aromatic heterocycles. The Morgan fingerprint density at radius 3 is 2.39 bits per heavy atom. The molecule has 1 rings (SSSR count). The molecule has 7 heteroatoms. The first-order chi connectivity index (χ1) is 8.43. The van der Waals surface area contributed by atoms with Gasteiger partial charge in [-0.1, -0.05) is 12.1 Å². The van der Waals surface area contributed by atoms with Gasteiger partial charge in [-0.3, -0.25) is 4.18 Å². The first-order valence-electron chi connectivity index (χ1n) is 5.05. The van der Waals surface area contributed by atoms with E-state index in [4.69, 9.17) is 0 Å². The fourth-order valence-electron chi connectivity index (χ4n) is 1.13. The van der Waals surface area contributed by atoms with Crippen LogP contribution < -0.4 is 4.74 Å². The summed E-state index contributed by atoms with van der Waals surface area (Å²) in [6, 6.07) is 5.55. The van der Waals surface area contributed by atoms with E-state index in [1.54, 1.807) is 6.92 Å². The van der Waals surface area contributed by atoms with Gasteiger partial charge in [0.05, 0.1) is 12.0 Å². The average molecular weight is 278 g/mol. The highest BCUT2D eigenvalue weighted by molar-refractivity contribution is 7.89. The average Bonchev–Trinajstić information content (AvgIpc) is 2.27.